The summed E-state index contributed by atoms with van der Waals surface area (Å²) in [6.45, 7) is 2.13. The van der Waals surface area contributed by atoms with Gasteiger partial charge in [0.1, 0.15) is 0 Å². The normalized spacial score (nSPS) is 20.5. The second-order valence-corrected chi connectivity index (χ2v) is 2.52. The quantitative estimate of drug-likeness (QED) is 0.594. The van der Waals surface area contributed by atoms with E-state index in [1.54, 1.807) is 13.1 Å². The zero-order valence-corrected chi connectivity index (χ0v) is 7.36. The minimum Gasteiger partial charge on any atom is -0.466 e. The van der Waals surface area contributed by atoms with E-state index in [0.29, 0.717) is 12.2 Å². The van der Waals surface area contributed by atoms with Gasteiger partial charge in [0, 0.05) is 12.4 Å². The summed E-state index contributed by atoms with van der Waals surface area (Å²) in [6.07, 6.45) is 2.29. The van der Waals surface area contributed by atoms with Gasteiger partial charge in [0.05, 0.1) is 13.0 Å². The molecule has 0 bridgehead atoms. The highest BCUT2D eigenvalue weighted by atomic mass is 16.5. The molecule has 72 valence electrons. The lowest BCUT2D eigenvalue weighted by atomic mass is 10.2. The van der Waals surface area contributed by atoms with Crippen LogP contribution < -0.4 is 5.32 Å². The molecule has 0 aliphatic carbocycles. The van der Waals surface area contributed by atoms with Crippen LogP contribution in [-0.4, -0.2) is 30.2 Å². The summed E-state index contributed by atoms with van der Waals surface area (Å²) in [7, 11) is 0. The predicted octanol–water partition coefficient (Wildman–Crippen LogP) is -0.227. The number of esters is 1. The second-order valence-electron chi connectivity index (χ2n) is 2.52. The van der Waals surface area contributed by atoms with E-state index in [0.717, 1.165) is 0 Å². The number of ether oxygens (including phenoxy) is 1. The third-order valence-electron chi connectivity index (χ3n) is 1.45. The maximum absolute atomic E-state index is 11.0. The Labute approximate surface area is 76.1 Å². The van der Waals surface area contributed by atoms with Crippen LogP contribution >= 0.6 is 0 Å². The molecule has 2 N–H and O–H groups in total. The SMILES string of the molecule is CCOC(=O)CC1=CNC(O)N=C1. The topological polar surface area (TPSA) is 70.9 Å². The van der Waals surface area contributed by atoms with Gasteiger partial charge in [-0.3, -0.25) is 4.79 Å². The van der Waals surface area contributed by atoms with Crippen LogP contribution in [0, 0.1) is 0 Å². The van der Waals surface area contributed by atoms with Crippen LogP contribution in [0.3, 0.4) is 0 Å². The van der Waals surface area contributed by atoms with Crippen molar-refractivity contribution >= 4 is 12.2 Å². The van der Waals surface area contributed by atoms with E-state index in [-0.39, 0.29) is 12.4 Å². The zero-order chi connectivity index (χ0) is 9.68. The van der Waals surface area contributed by atoms with Crippen molar-refractivity contribution in [2.45, 2.75) is 19.7 Å². The number of aliphatic imine (C=N–C) groups is 1. The van der Waals surface area contributed by atoms with Gasteiger partial charge in [-0.25, -0.2) is 4.99 Å². The molecule has 1 atom stereocenters. The standard InChI is InChI=1S/C8H12N2O3/c1-2-13-7(11)3-6-4-9-8(12)10-5-6/h4-5,8-9,12H,2-3H2,1H3. The molecule has 1 rings (SSSR count). The van der Waals surface area contributed by atoms with Gasteiger partial charge in [0.15, 0.2) is 0 Å². The number of carbonyl (C=O) groups is 1. The molecule has 1 aliphatic heterocycles. The van der Waals surface area contributed by atoms with Crippen LogP contribution in [0.2, 0.25) is 0 Å². The van der Waals surface area contributed by atoms with Crippen molar-refractivity contribution in [2.75, 3.05) is 6.61 Å². The second kappa shape index (κ2) is 4.61. The Bertz CT molecular complexity index is 248. The molecule has 0 saturated carbocycles. The molecule has 5 nitrogen and oxygen atoms in total. The van der Waals surface area contributed by atoms with Crippen LogP contribution in [0.1, 0.15) is 13.3 Å². The van der Waals surface area contributed by atoms with Crippen molar-refractivity contribution in [3.05, 3.63) is 11.8 Å². The van der Waals surface area contributed by atoms with E-state index in [2.05, 4.69) is 10.3 Å². The number of carbonyl (C=O) groups excluding carboxylic acids is 1. The van der Waals surface area contributed by atoms with Crippen molar-refractivity contribution in [2.24, 2.45) is 4.99 Å². The van der Waals surface area contributed by atoms with Crippen molar-refractivity contribution in [3.8, 4) is 0 Å². The van der Waals surface area contributed by atoms with Crippen LogP contribution in [0.25, 0.3) is 0 Å². The summed E-state index contributed by atoms with van der Waals surface area (Å²) >= 11 is 0. The van der Waals surface area contributed by atoms with Crippen LogP contribution in [0.4, 0.5) is 0 Å². The molecular weight excluding hydrogens is 172 g/mol. The Hall–Kier alpha value is -1.36. The molecule has 5 heteroatoms. The zero-order valence-electron chi connectivity index (χ0n) is 7.36. The summed E-state index contributed by atoms with van der Waals surface area (Å²) in [5, 5.41) is 11.5. The Kier molecular flexibility index (Phi) is 3.45. The van der Waals surface area contributed by atoms with Crippen LogP contribution in [0.5, 0.6) is 0 Å². The third-order valence-corrected chi connectivity index (χ3v) is 1.45. The van der Waals surface area contributed by atoms with Crippen molar-refractivity contribution in [1.29, 1.82) is 0 Å². The summed E-state index contributed by atoms with van der Waals surface area (Å²) in [6, 6.07) is 0. The first-order valence-electron chi connectivity index (χ1n) is 4.04. The highest BCUT2D eigenvalue weighted by Gasteiger charge is 2.09. The Morgan fingerprint density at radius 3 is 3.15 bits per heavy atom. The summed E-state index contributed by atoms with van der Waals surface area (Å²) in [4.78, 5) is 14.6. The fraction of sp³-hybridized carbons (Fsp3) is 0.500. The molecule has 0 radical (unpaired) electrons. The monoisotopic (exact) mass is 184 g/mol. The summed E-state index contributed by atoms with van der Waals surface area (Å²) in [5.41, 5.74) is 0.698. The first kappa shape index (κ1) is 9.73. The molecule has 0 spiro atoms. The summed E-state index contributed by atoms with van der Waals surface area (Å²) in [5.74, 6) is -0.293. The Balaban J connectivity index is 2.38. The maximum atomic E-state index is 11.0. The number of hydrogen-bond acceptors (Lipinski definition) is 5. The molecule has 0 aromatic heterocycles. The van der Waals surface area contributed by atoms with E-state index < -0.39 is 6.35 Å². The smallest absolute Gasteiger partial charge is 0.310 e. The van der Waals surface area contributed by atoms with Gasteiger partial charge >= 0.3 is 5.97 Å². The molecule has 1 unspecified atom stereocenters. The number of aliphatic hydroxyl groups is 1. The van der Waals surface area contributed by atoms with Gasteiger partial charge in [0.2, 0.25) is 6.35 Å². The molecule has 1 aliphatic rings. The maximum Gasteiger partial charge on any atom is 0.310 e. The van der Waals surface area contributed by atoms with Gasteiger partial charge in [-0.2, -0.15) is 0 Å². The molecule has 13 heavy (non-hydrogen) atoms. The number of rotatable bonds is 3. The Morgan fingerprint density at radius 1 is 1.85 bits per heavy atom. The molecular formula is C8H12N2O3. The first-order chi connectivity index (χ1) is 6.22. The molecule has 0 aromatic carbocycles. The Morgan fingerprint density at radius 2 is 2.62 bits per heavy atom. The van der Waals surface area contributed by atoms with E-state index in [1.165, 1.54) is 6.21 Å². The van der Waals surface area contributed by atoms with Crippen LogP contribution in [0.15, 0.2) is 16.8 Å². The van der Waals surface area contributed by atoms with E-state index in [1.807, 2.05) is 0 Å². The van der Waals surface area contributed by atoms with Gasteiger partial charge in [0.25, 0.3) is 0 Å². The average molecular weight is 184 g/mol. The van der Waals surface area contributed by atoms with Crippen molar-refractivity contribution < 1.29 is 14.6 Å². The van der Waals surface area contributed by atoms with E-state index >= 15 is 0 Å². The summed E-state index contributed by atoms with van der Waals surface area (Å²) < 4.78 is 4.74. The highest BCUT2D eigenvalue weighted by Crippen LogP contribution is 2.03. The van der Waals surface area contributed by atoms with Gasteiger partial charge in [-0.15, -0.1) is 0 Å². The molecule has 0 saturated heterocycles. The first-order valence-corrected chi connectivity index (χ1v) is 4.04. The lowest BCUT2D eigenvalue weighted by Gasteiger charge is -2.12. The van der Waals surface area contributed by atoms with E-state index in [4.69, 9.17) is 9.84 Å². The molecule has 1 heterocycles. The number of nitrogens with one attached hydrogen (secondary N) is 1. The molecule has 0 fully saturated rings. The van der Waals surface area contributed by atoms with Crippen molar-refractivity contribution in [1.82, 2.24) is 5.32 Å². The number of hydrogen-bond donors (Lipinski definition) is 2. The van der Waals surface area contributed by atoms with Crippen molar-refractivity contribution in [3.63, 3.8) is 0 Å². The van der Waals surface area contributed by atoms with E-state index in [9.17, 15) is 4.79 Å². The predicted molar refractivity (Wildman–Crippen MR) is 47.0 cm³/mol. The lowest BCUT2D eigenvalue weighted by Crippen LogP contribution is -2.25. The number of nitrogens with zero attached hydrogens (tertiary/aromatic N) is 1. The minimum absolute atomic E-state index is 0.178. The highest BCUT2D eigenvalue weighted by molar-refractivity contribution is 5.87. The molecule has 0 aromatic rings. The largest absolute Gasteiger partial charge is 0.466 e. The van der Waals surface area contributed by atoms with Gasteiger partial charge in [-0.1, -0.05) is 0 Å². The number of aliphatic hydroxyl groups excluding tert-OH is 1. The fourth-order valence-electron chi connectivity index (χ4n) is 0.904. The lowest BCUT2D eigenvalue weighted by molar-refractivity contribution is -0.142. The van der Waals surface area contributed by atoms with Gasteiger partial charge < -0.3 is 15.2 Å². The average Bonchev–Trinajstić information content (AvgIpc) is 2.09. The van der Waals surface area contributed by atoms with Gasteiger partial charge in [-0.05, 0) is 12.5 Å². The molecule has 0 amide bonds. The minimum atomic E-state index is -0.897. The fourth-order valence-corrected chi connectivity index (χ4v) is 0.904. The third kappa shape index (κ3) is 3.25. The van der Waals surface area contributed by atoms with Crippen LogP contribution in [-0.2, 0) is 9.53 Å².